The monoisotopic (exact) mass is 291 g/mol. The van der Waals surface area contributed by atoms with Crippen LogP contribution in [0.2, 0.25) is 0 Å². The number of nitrogens with zero attached hydrogens (tertiary/aromatic N) is 3. The minimum absolute atomic E-state index is 0.453. The molecule has 0 radical (unpaired) electrons. The van der Waals surface area contributed by atoms with Gasteiger partial charge in [0, 0.05) is 23.6 Å². The summed E-state index contributed by atoms with van der Waals surface area (Å²) < 4.78 is 0. The number of anilines is 2. The minimum Gasteiger partial charge on any atom is -0.366 e. The topological polar surface area (TPSA) is 93.8 Å². The molecular formula is C16H13N5O. The van der Waals surface area contributed by atoms with Crippen LogP contribution in [0.25, 0.3) is 11.4 Å². The molecule has 3 aromatic rings. The molecular weight excluding hydrogens is 278 g/mol. The maximum atomic E-state index is 11.0. The van der Waals surface area contributed by atoms with Crippen LogP contribution in [-0.4, -0.2) is 20.9 Å². The molecule has 6 nitrogen and oxygen atoms in total. The Hall–Kier alpha value is -3.28. The maximum absolute atomic E-state index is 11.0. The number of primary amides is 1. The van der Waals surface area contributed by atoms with E-state index in [9.17, 15) is 4.79 Å². The zero-order valence-electron chi connectivity index (χ0n) is 11.6. The number of benzene rings is 1. The van der Waals surface area contributed by atoms with Gasteiger partial charge in [0.25, 0.3) is 0 Å². The van der Waals surface area contributed by atoms with Crippen LogP contribution >= 0.6 is 0 Å². The molecule has 0 saturated carbocycles. The van der Waals surface area contributed by atoms with E-state index in [2.05, 4.69) is 20.3 Å². The quantitative estimate of drug-likeness (QED) is 0.769. The summed E-state index contributed by atoms with van der Waals surface area (Å²) in [6.07, 6.45) is 3.38. The molecule has 0 bridgehead atoms. The SMILES string of the molecule is NC(=O)c1ccc(Nc2nccc(-c3ccccn3)n2)cc1. The molecule has 2 heterocycles. The summed E-state index contributed by atoms with van der Waals surface area (Å²) >= 11 is 0. The van der Waals surface area contributed by atoms with Gasteiger partial charge in [-0.3, -0.25) is 9.78 Å². The maximum Gasteiger partial charge on any atom is 0.248 e. The van der Waals surface area contributed by atoms with Gasteiger partial charge in [-0.05, 0) is 42.5 Å². The molecule has 0 saturated heterocycles. The number of carbonyl (C=O) groups is 1. The van der Waals surface area contributed by atoms with E-state index in [-0.39, 0.29) is 0 Å². The van der Waals surface area contributed by atoms with E-state index in [0.717, 1.165) is 17.1 Å². The van der Waals surface area contributed by atoms with E-state index >= 15 is 0 Å². The van der Waals surface area contributed by atoms with Crippen molar-refractivity contribution in [2.75, 3.05) is 5.32 Å². The Kier molecular flexibility index (Phi) is 3.74. The van der Waals surface area contributed by atoms with Crippen molar-refractivity contribution in [3.63, 3.8) is 0 Å². The summed E-state index contributed by atoms with van der Waals surface area (Å²) in [7, 11) is 0. The largest absolute Gasteiger partial charge is 0.366 e. The van der Waals surface area contributed by atoms with Crippen molar-refractivity contribution in [3.8, 4) is 11.4 Å². The van der Waals surface area contributed by atoms with Gasteiger partial charge in [0.1, 0.15) is 0 Å². The second kappa shape index (κ2) is 6.01. The Morgan fingerprint density at radius 2 is 1.73 bits per heavy atom. The van der Waals surface area contributed by atoms with Gasteiger partial charge in [0.2, 0.25) is 11.9 Å². The number of amides is 1. The van der Waals surface area contributed by atoms with E-state index in [0.29, 0.717) is 11.5 Å². The molecule has 6 heteroatoms. The first kappa shape index (κ1) is 13.7. The van der Waals surface area contributed by atoms with Crippen molar-refractivity contribution < 1.29 is 4.79 Å². The van der Waals surface area contributed by atoms with E-state index in [1.165, 1.54) is 0 Å². The molecule has 1 aromatic carbocycles. The predicted molar refractivity (Wildman–Crippen MR) is 83.5 cm³/mol. The first-order valence-electron chi connectivity index (χ1n) is 6.64. The highest BCUT2D eigenvalue weighted by Gasteiger charge is 2.04. The highest BCUT2D eigenvalue weighted by Crippen LogP contribution is 2.17. The lowest BCUT2D eigenvalue weighted by Gasteiger charge is -2.06. The van der Waals surface area contributed by atoms with Crippen LogP contribution in [0.3, 0.4) is 0 Å². The molecule has 0 aliphatic heterocycles. The second-order valence-electron chi connectivity index (χ2n) is 4.55. The van der Waals surface area contributed by atoms with Crippen molar-refractivity contribution in [2.24, 2.45) is 5.73 Å². The Balaban J connectivity index is 1.82. The fourth-order valence-electron chi connectivity index (χ4n) is 1.92. The summed E-state index contributed by atoms with van der Waals surface area (Å²) in [5, 5.41) is 3.08. The Bertz CT molecular complexity index is 787. The Labute approximate surface area is 127 Å². The molecule has 0 aliphatic carbocycles. The van der Waals surface area contributed by atoms with Gasteiger partial charge in [-0.25, -0.2) is 9.97 Å². The molecule has 22 heavy (non-hydrogen) atoms. The zero-order chi connectivity index (χ0) is 15.4. The van der Waals surface area contributed by atoms with Crippen LogP contribution in [0.1, 0.15) is 10.4 Å². The lowest BCUT2D eigenvalue weighted by molar-refractivity contribution is 0.100. The lowest BCUT2D eigenvalue weighted by Crippen LogP contribution is -2.10. The zero-order valence-corrected chi connectivity index (χ0v) is 11.6. The Morgan fingerprint density at radius 1 is 0.909 bits per heavy atom. The van der Waals surface area contributed by atoms with Gasteiger partial charge >= 0.3 is 0 Å². The predicted octanol–water partition coefficient (Wildman–Crippen LogP) is 2.38. The average molecular weight is 291 g/mol. The van der Waals surface area contributed by atoms with Gasteiger partial charge in [-0.15, -0.1) is 0 Å². The molecule has 0 atom stereocenters. The van der Waals surface area contributed by atoms with Crippen LogP contribution in [-0.2, 0) is 0 Å². The first-order chi connectivity index (χ1) is 10.7. The van der Waals surface area contributed by atoms with Crippen LogP contribution in [0, 0.1) is 0 Å². The summed E-state index contributed by atoms with van der Waals surface area (Å²) in [6.45, 7) is 0. The van der Waals surface area contributed by atoms with Gasteiger partial charge in [-0.2, -0.15) is 0 Å². The molecule has 0 spiro atoms. The number of pyridine rings is 1. The van der Waals surface area contributed by atoms with E-state index in [1.807, 2.05) is 18.2 Å². The van der Waals surface area contributed by atoms with Crippen molar-refractivity contribution >= 4 is 17.5 Å². The molecule has 108 valence electrons. The molecule has 3 rings (SSSR count). The van der Waals surface area contributed by atoms with Crippen molar-refractivity contribution in [1.29, 1.82) is 0 Å². The summed E-state index contributed by atoms with van der Waals surface area (Å²) in [6, 6.07) is 14.2. The van der Waals surface area contributed by atoms with Crippen LogP contribution < -0.4 is 11.1 Å². The fourth-order valence-corrected chi connectivity index (χ4v) is 1.92. The number of carbonyl (C=O) groups excluding carboxylic acids is 1. The van der Waals surface area contributed by atoms with Gasteiger partial charge < -0.3 is 11.1 Å². The van der Waals surface area contributed by atoms with Crippen molar-refractivity contribution in [1.82, 2.24) is 15.0 Å². The minimum atomic E-state index is -0.458. The summed E-state index contributed by atoms with van der Waals surface area (Å²) in [5.41, 5.74) is 7.93. The normalized spacial score (nSPS) is 10.2. The highest BCUT2D eigenvalue weighted by atomic mass is 16.1. The molecule has 3 N–H and O–H groups in total. The third-order valence-corrected chi connectivity index (χ3v) is 3.01. The molecule has 0 unspecified atom stereocenters. The van der Waals surface area contributed by atoms with Crippen LogP contribution in [0.15, 0.2) is 60.9 Å². The van der Waals surface area contributed by atoms with E-state index in [4.69, 9.17) is 5.73 Å². The smallest absolute Gasteiger partial charge is 0.248 e. The van der Waals surface area contributed by atoms with E-state index in [1.54, 1.807) is 42.7 Å². The van der Waals surface area contributed by atoms with Crippen molar-refractivity contribution in [3.05, 3.63) is 66.5 Å². The third kappa shape index (κ3) is 3.06. The molecule has 2 aromatic heterocycles. The number of aromatic nitrogens is 3. The lowest BCUT2D eigenvalue weighted by atomic mass is 10.2. The van der Waals surface area contributed by atoms with Gasteiger partial charge in [0.15, 0.2) is 0 Å². The molecule has 0 fully saturated rings. The molecule has 1 amide bonds. The summed E-state index contributed by atoms with van der Waals surface area (Å²) in [4.78, 5) is 23.9. The number of rotatable bonds is 4. The summed E-state index contributed by atoms with van der Waals surface area (Å²) in [5.74, 6) is -0.00470. The number of hydrogen-bond donors (Lipinski definition) is 2. The van der Waals surface area contributed by atoms with Gasteiger partial charge in [-0.1, -0.05) is 6.07 Å². The van der Waals surface area contributed by atoms with Crippen LogP contribution in [0.4, 0.5) is 11.6 Å². The first-order valence-corrected chi connectivity index (χ1v) is 6.64. The highest BCUT2D eigenvalue weighted by molar-refractivity contribution is 5.93. The van der Waals surface area contributed by atoms with Gasteiger partial charge in [0.05, 0.1) is 11.4 Å². The number of hydrogen-bond acceptors (Lipinski definition) is 5. The van der Waals surface area contributed by atoms with E-state index < -0.39 is 5.91 Å². The fraction of sp³-hybridized carbons (Fsp3) is 0. The average Bonchev–Trinajstić information content (AvgIpc) is 2.56. The Morgan fingerprint density at radius 3 is 2.41 bits per heavy atom. The third-order valence-electron chi connectivity index (χ3n) is 3.01. The standard InChI is InChI=1S/C16H13N5O/c17-15(22)11-4-6-12(7-5-11)20-16-19-10-8-14(21-16)13-3-1-2-9-18-13/h1-10H,(H2,17,22)(H,19,20,21). The second-order valence-corrected chi connectivity index (χ2v) is 4.55. The molecule has 0 aliphatic rings. The van der Waals surface area contributed by atoms with Crippen molar-refractivity contribution in [2.45, 2.75) is 0 Å². The van der Waals surface area contributed by atoms with Crippen LogP contribution in [0.5, 0.6) is 0 Å². The number of nitrogens with two attached hydrogens (primary N) is 1. The number of nitrogens with one attached hydrogen (secondary N) is 1.